The molecule has 104 valence electrons. The summed E-state index contributed by atoms with van der Waals surface area (Å²) in [5, 5.41) is 9.54. The standard InChI is InChI=1S/C13H23NO4/c1-10-7-14(8-11(2)18-10)9-13(12(15)16)3-5-17-6-4-13/h10-11H,3-9H2,1-2H3,(H,15,16)/t10-,11+. The molecule has 2 saturated heterocycles. The van der Waals surface area contributed by atoms with Crippen LogP contribution in [-0.4, -0.2) is 61.0 Å². The molecular weight excluding hydrogens is 234 g/mol. The fourth-order valence-electron chi connectivity index (χ4n) is 3.04. The summed E-state index contributed by atoms with van der Waals surface area (Å²) < 4.78 is 11.0. The number of hydrogen-bond acceptors (Lipinski definition) is 4. The van der Waals surface area contributed by atoms with Gasteiger partial charge in [0.05, 0.1) is 17.6 Å². The highest BCUT2D eigenvalue weighted by molar-refractivity contribution is 5.75. The van der Waals surface area contributed by atoms with Crippen LogP contribution in [-0.2, 0) is 14.3 Å². The van der Waals surface area contributed by atoms with E-state index >= 15 is 0 Å². The molecule has 5 nitrogen and oxygen atoms in total. The predicted octanol–water partition coefficient (Wildman–Crippen LogP) is 0.977. The smallest absolute Gasteiger partial charge is 0.311 e. The monoisotopic (exact) mass is 257 g/mol. The zero-order chi connectivity index (χ0) is 13.2. The molecular formula is C13H23NO4. The summed E-state index contributed by atoms with van der Waals surface area (Å²) in [6.45, 7) is 7.45. The zero-order valence-electron chi connectivity index (χ0n) is 11.2. The highest BCUT2D eigenvalue weighted by atomic mass is 16.5. The second-order valence-electron chi connectivity index (χ2n) is 5.65. The third-order valence-electron chi connectivity index (χ3n) is 3.93. The molecule has 2 aliphatic heterocycles. The molecule has 5 heteroatoms. The van der Waals surface area contributed by atoms with Crippen LogP contribution in [0.2, 0.25) is 0 Å². The molecule has 1 N–H and O–H groups in total. The molecule has 0 spiro atoms. The van der Waals surface area contributed by atoms with Gasteiger partial charge >= 0.3 is 5.97 Å². The van der Waals surface area contributed by atoms with Crippen LogP contribution in [0.4, 0.5) is 0 Å². The highest BCUT2D eigenvalue weighted by Gasteiger charge is 2.42. The van der Waals surface area contributed by atoms with E-state index in [4.69, 9.17) is 9.47 Å². The van der Waals surface area contributed by atoms with Crippen LogP contribution < -0.4 is 0 Å². The number of hydrogen-bond donors (Lipinski definition) is 1. The van der Waals surface area contributed by atoms with E-state index in [-0.39, 0.29) is 12.2 Å². The van der Waals surface area contributed by atoms with Crippen LogP contribution in [0.15, 0.2) is 0 Å². The van der Waals surface area contributed by atoms with Crippen molar-refractivity contribution in [2.45, 2.75) is 38.9 Å². The van der Waals surface area contributed by atoms with Gasteiger partial charge in [0.1, 0.15) is 0 Å². The highest BCUT2D eigenvalue weighted by Crippen LogP contribution is 2.32. The van der Waals surface area contributed by atoms with Gasteiger partial charge in [-0.3, -0.25) is 9.69 Å². The van der Waals surface area contributed by atoms with Gasteiger partial charge in [-0.1, -0.05) is 0 Å². The quantitative estimate of drug-likeness (QED) is 0.816. The first-order valence-corrected chi connectivity index (χ1v) is 6.71. The Hall–Kier alpha value is -0.650. The van der Waals surface area contributed by atoms with Crippen LogP contribution in [0.1, 0.15) is 26.7 Å². The molecule has 18 heavy (non-hydrogen) atoms. The molecule has 0 aliphatic carbocycles. The van der Waals surface area contributed by atoms with Crippen molar-refractivity contribution in [3.05, 3.63) is 0 Å². The average Bonchev–Trinajstić information content (AvgIpc) is 2.28. The fraction of sp³-hybridized carbons (Fsp3) is 0.923. The molecule has 0 radical (unpaired) electrons. The van der Waals surface area contributed by atoms with Crippen molar-refractivity contribution in [1.82, 2.24) is 4.90 Å². The number of ether oxygens (including phenoxy) is 2. The Morgan fingerprint density at radius 3 is 2.33 bits per heavy atom. The van der Waals surface area contributed by atoms with Gasteiger partial charge in [-0.15, -0.1) is 0 Å². The molecule has 0 aromatic rings. The average molecular weight is 257 g/mol. The van der Waals surface area contributed by atoms with E-state index in [9.17, 15) is 9.90 Å². The van der Waals surface area contributed by atoms with E-state index in [1.807, 2.05) is 13.8 Å². The molecule has 0 aromatic heterocycles. The van der Waals surface area contributed by atoms with Crippen molar-refractivity contribution in [2.75, 3.05) is 32.8 Å². The summed E-state index contributed by atoms with van der Waals surface area (Å²) in [6.07, 6.45) is 1.59. The SMILES string of the molecule is C[C@@H]1CN(CC2(C(=O)O)CCOCC2)C[C@H](C)O1. The van der Waals surface area contributed by atoms with Gasteiger partial charge in [0.2, 0.25) is 0 Å². The number of carboxylic acid groups (broad SMARTS) is 1. The lowest BCUT2D eigenvalue weighted by atomic mass is 9.79. The van der Waals surface area contributed by atoms with Crippen LogP contribution in [0, 0.1) is 5.41 Å². The van der Waals surface area contributed by atoms with Crippen molar-refractivity contribution in [3.8, 4) is 0 Å². The van der Waals surface area contributed by atoms with Crippen LogP contribution in [0.5, 0.6) is 0 Å². The van der Waals surface area contributed by atoms with Gasteiger partial charge in [-0.2, -0.15) is 0 Å². The van der Waals surface area contributed by atoms with Crippen molar-refractivity contribution in [3.63, 3.8) is 0 Å². The van der Waals surface area contributed by atoms with Gasteiger partial charge in [0.25, 0.3) is 0 Å². The van der Waals surface area contributed by atoms with E-state index in [1.165, 1.54) is 0 Å². The van der Waals surface area contributed by atoms with E-state index in [0.29, 0.717) is 32.6 Å². The lowest BCUT2D eigenvalue weighted by Gasteiger charge is -2.42. The number of carboxylic acids is 1. The Labute approximate surface area is 108 Å². The third-order valence-corrected chi connectivity index (χ3v) is 3.93. The second-order valence-corrected chi connectivity index (χ2v) is 5.65. The summed E-state index contributed by atoms with van der Waals surface area (Å²) in [6, 6.07) is 0. The summed E-state index contributed by atoms with van der Waals surface area (Å²) in [5.41, 5.74) is -0.630. The Kier molecular flexibility index (Phi) is 4.25. The third kappa shape index (κ3) is 3.02. The molecule has 0 saturated carbocycles. The summed E-state index contributed by atoms with van der Waals surface area (Å²) in [5.74, 6) is -0.683. The number of rotatable bonds is 3. The zero-order valence-corrected chi connectivity index (χ0v) is 11.2. The first-order chi connectivity index (χ1) is 8.52. The molecule has 2 rings (SSSR count). The molecule has 0 aromatic carbocycles. The topological polar surface area (TPSA) is 59.0 Å². The maximum atomic E-state index is 11.6. The normalized spacial score (nSPS) is 33.2. The van der Waals surface area contributed by atoms with Crippen molar-refractivity contribution >= 4 is 5.97 Å². The first kappa shape index (κ1) is 13.8. The molecule has 0 bridgehead atoms. The number of nitrogens with zero attached hydrogens (tertiary/aromatic N) is 1. The minimum Gasteiger partial charge on any atom is -0.481 e. The minimum absolute atomic E-state index is 0.180. The molecule has 2 heterocycles. The number of carbonyl (C=O) groups is 1. The van der Waals surface area contributed by atoms with E-state index in [0.717, 1.165) is 13.1 Å². The second kappa shape index (κ2) is 5.55. The van der Waals surface area contributed by atoms with Gasteiger partial charge in [0.15, 0.2) is 0 Å². The maximum Gasteiger partial charge on any atom is 0.311 e. The molecule has 2 atom stereocenters. The van der Waals surface area contributed by atoms with Crippen LogP contribution >= 0.6 is 0 Å². The molecule has 0 unspecified atom stereocenters. The van der Waals surface area contributed by atoms with Gasteiger partial charge in [0, 0.05) is 32.8 Å². The lowest BCUT2D eigenvalue weighted by molar-refractivity contribution is -0.159. The van der Waals surface area contributed by atoms with Crippen LogP contribution in [0.3, 0.4) is 0 Å². The van der Waals surface area contributed by atoms with Gasteiger partial charge in [-0.25, -0.2) is 0 Å². The Balaban J connectivity index is 2.02. The largest absolute Gasteiger partial charge is 0.481 e. The van der Waals surface area contributed by atoms with Crippen molar-refractivity contribution in [1.29, 1.82) is 0 Å². The van der Waals surface area contributed by atoms with Gasteiger partial charge < -0.3 is 14.6 Å². The summed E-state index contributed by atoms with van der Waals surface area (Å²) >= 11 is 0. The van der Waals surface area contributed by atoms with E-state index in [2.05, 4.69) is 4.90 Å². The number of morpholine rings is 1. The minimum atomic E-state index is -0.683. The molecule has 2 aliphatic rings. The van der Waals surface area contributed by atoms with E-state index < -0.39 is 11.4 Å². The summed E-state index contributed by atoms with van der Waals surface area (Å²) in [4.78, 5) is 13.8. The Bertz CT molecular complexity index is 291. The molecule has 2 fully saturated rings. The first-order valence-electron chi connectivity index (χ1n) is 6.71. The predicted molar refractivity (Wildman–Crippen MR) is 66.6 cm³/mol. The maximum absolute atomic E-state index is 11.6. The van der Waals surface area contributed by atoms with E-state index in [1.54, 1.807) is 0 Å². The number of aliphatic carboxylic acids is 1. The Morgan fingerprint density at radius 1 is 1.28 bits per heavy atom. The van der Waals surface area contributed by atoms with Crippen LogP contribution in [0.25, 0.3) is 0 Å². The molecule has 0 amide bonds. The fourth-order valence-corrected chi connectivity index (χ4v) is 3.04. The van der Waals surface area contributed by atoms with Crippen molar-refractivity contribution in [2.24, 2.45) is 5.41 Å². The van der Waals surface area contributed by atoms with Gasteiger partial charge in [-0.05, 0) is 26.7 Å². The summed E-state index contributed by atoms with van der Waals surface area (Å²) in [7, 11) is 0. The Morgan fingerprint density at radius 2 is 1.83 bits per heavy atom. The van der Waals surface area contributed by atoms with Crippen molar-refractivity contribution < 1.29 is 19.4 Å². The lowest BCUT2D eigenvalue weighted by Crippen LogP contribution is -2.53.